The van der Waals surface area contributed by atoms with E-state index in [1.807, 2.05) is 5.51 Å². The van der Waals surface area contributed by atoms with Gasteiger partial charge in [0.1, 0.15) is 0 Å². The van der Waals surface area contributed by atoms with E-state index in [2.05, 4.69) is 58.7 Å². The first kappa shape index (κ1) is 13.5. The lowest BCUT2D eigenvalue weighted by Gasteiger charge is -2.23. The van der Waals surface area contributed by atoms with Crippen LogP contribution in [-0.2, 0) is 11.8 Å². The summed E-state index contributed by atoms with van der Waals surface area (Å²) in [5, 5.41) is 0. The maximum absolute atomic E-state index is 4.54. The Morgan fingerprint density at radius 2 is 1.72 bits per heavy atom. The lowest BCUT2D eigenvalue weighted by molar-refractivity contribution is 0.411. The standard InChI is InChI=1S/C16H23NS/c1-15(2,3)9-11-7-12(16(4,5)6)14-13(8-11)18-10-17-14/h7-8,10H,9H2,1-6H3. The number of hydrogen-bond acceptors (Lipinski definition) is 2. The summed E-state index contributed by atoms with van der Waals surface area (Å²) in [6, 6.07) is 4.67. The van der Waals surface area contributed by atoms with E-state index in [0.29, 0.717) is 5.41 Å². The fourth-order valence-electron chi connectivity index (χ4n) is 2.31. The summed E-state index contributed by atoms with van der Waals surface area (Å²) in [6.45, 7) is 13.7. The first-order valence-electron chi connectivity index (χ1n) is 6.53. The van der Waals surface area contributed by atoms with E-state index in [4.69, 9.17) is 0 Å². The molecule has 0 amide bonds. The normalized spacial score (nSPS) is 13.2. The highest BCUT2D eigenvalue weighted by Gasteiger charge is 2.21. The molecule has 0 radical (unpaired) electrons. The molecule has 0 aliphatic carbocycles. The Hall–Kier alpha value is -0.890. The molecule has 0 aliphatic rings. The van der Waals surface area contributed by atoms with Crippen molar-refractivity contribution in [2.24, 2.45) is 5.41 Å². The Morgan fingerprint density at radius 1 is 1.06 bits per heavy atom. The Kier molecular flexibility index (Phi) is 3.26. The lowest BCUT2D eigenvalue weighted by atomic mass is 9.82. The second kappa shape index (κ2) is 4.34. The summed E-state index contributed by atoms with van der Waals surface area (Å²) in [5.41, 5.74) is 6.43. The fourth-order valence-corrected chi connectivity index (χ4v) is 3.08. The van der Waals surface area contributed by atoms with Crippen molar-refractivity contribution < 1.29 is 0 Å². The van der Waals surface area contributed by atoms with E-state index >= 15 is 0 Å². The molecule has 1 nitrogen and oxygen atoms in total. The van der Waals surface area contributed by atoms with Crippen LogP contribution in [0.5, 0.6) is 0 Å². The Bertz CT molecular complexity index is 552. The van der Waals surface area contributed by atoms with Crippen LogP contribution >= 0.6 is 11.3 Å². The van der Waals surface area contributed by atoms with Crippen LogP contribution in [0.15, 0.2) is 17.6 Å². The molecule has 98 valence electrons. The second-order valence-corrected chi connectivity index (χ2v) is 8.22. The number of nitrogens with zero attached hydrogens (tertiary/aromatic N) is 1. The van der Waals surface area contributed by atoms with Gasteiger partial charge in [-0.15, -0.1) is 11.3 Å². The molecule has 0 saturated carbocycles. The van der Waals surface area contributed by atoms with Crippen LogP contribution in [-0.4, -0.2) is 4.98 Å². The third kappa shape index (κ3) is 2.92. The van der Waals surface area contributed by atoms with Gasteiger partial charge in [0.25, 0.3) is 0 Å². The average Bonchev–Trinajstić information content (AvgIpc) is 2.59. The molecule has 0 N–H and O–H groups in total. The molecule has 0 atom stereocenters. The van der Waals surface area contributed by atoms with Crippen LogP contribution in [0.25, 0.3) is 10.2 Å². The molecule has 18 heavy (non-hydrogen) atoms. The van der Waals surface area contributed by atoms with E-state index in [0.717, 1.165) is 6.42 Å². The highest BCUT2D eigenvalue weighted by Crippen LogP contribution is 2.34. The maximum atomic E-state index is 4.54. The van der Waals surface area contributed by atoms with Gasteiger partial charge < -0.3 is 0 Å². The first-order chi connectivity index (χ1) is 8.17. The van der Waals surface area contributed by atoms with Crippen LogP contribution in [0.1, 0.15) is 52.7 Å². The summed E-state index contributed by atoms with van der Waals surface area (Å²) < 4.78 is 1.32. The monoisotopic (exact) mass is 261 g/mol. The summed E-state index contributed by atoms with van der Waals surface area (Å²) in [5.74, 6) is 0. The zero-order valence-electron chi connectivity index (χ0n) is 12.3. The molecule has 0 unspecified atom stereocenters. The van der Waals surface area contributed by atoms with Crippen molar-refractivity contribution in [1.29, 1.82) is 0 Å². The molecule has 2 aromatic rings. The van der Waals surface area contributed by atoms with Crippen molar-refractivity contribution in [3.63, 3.8) is 0 Å². The van der Waals surface area contributed by atoms with Gasteiger partial charge in [-0.25, -0.2) is 4.98 Å². The first-order valence-corrected chi connectivity index (χ1v) is 7.41. The van der Waals surface area contributed by atoms with Crippen LogP contribution in [0, 0.1) is 5.41 Å². The smallest absolute Gasteiger partial charge is 0.0849 e. The highest BCUT2D eigenvalue weighted by atomic mass is 32.1. The fraction of sp³-hybridized carbons (Fsp3) is 0.562. The van der Waals surface area contributed by atoms with Crippen LogP contribution in [0.2, 0.25) is 0 Å². The molecular weight excluding hydrogens is 238 g/mol. The Balaban J connectivity index is 2.58. The molecule has 1 aromatic heterocycles. The molecule has 0 saturated heterocycles. The van der Waals surface area contributed by atoms with Crippen molar-refractivity contribution >= 4 is 21.6 Å². The van der Waals surface area contributed by atoms with Gasteiger partial charge in [0.05, 0.1) is 15.7 Å². The summed E-state index contributed by atoms with van der Waals surface area (Å²) in [4.78, 5) is 4.54. The number of fused-ring (bicyclic) bond motifs is 1. The summed E-state index contributed by atoms with van der Waals surface area (Å²) in [7, 11) is 0. The molecule has 0 bridgehead atoms. The third-order valence-electron chi connectivity index (χ3n) is 3.04. The van der Waals surface area contributed by atoms with Gasteiger partial charge in [0, 0.05) is 0 Å². The zero-order valence-corrected chi connectivity index (χ0v) is 13.1. The lowest BCUT2D eigenvalue weighted by Crippen LogP contribution is -2.14. The van der Waals surface area contributed by atoms with E-state index < -0.39 is 0 Å². The van der Waals surface area contributed by atoms with Crippen molar-refractivity contribution in [3.05, 3.63) is 28.8 Å². The Morgan fingerprint density at radius 3 is 2.28 bits per heavy atom. The van der Waals surface area contributed by atoms with E-state index in [1.54, 1.807) is 11.3 Å². The predicted octanol–water partition coefficient (Wildman–Crippen LogP) is 5.18. The molecule has 1 heterocycles. The Labute approximate surface area is 114 Å². The minimum Gasteiger partial charge on any atom is -0.244 e. The van der Waals surface area contributed by atoms with Gasteiger partial charge in [0.15, 0.2) is 0 Å². The van der Waals surface area contributed by atoms with Crippen LogP contribution in [0.3, 0.4) is 0 Å². The summed E-state index contributed by atoms with van der Waals surface area (Å²) in [6.07, 6.45) is 1.12. The van der Waals surface area contributed by atoms with Crippen molar-refractivity contribution in [2.75, 3.05) is 0 Å². The van der Waals surface area contributed by atoms with Crippen LogP contribution in [0.4, 0.5) is 0 Å². The minimum absolute atomic E-state index is 0.153. The van der Waals surface area contributed by atoms with Gasteiger partial charge in [-0.2, -0.15) is 0 Å². The molecule has 2 rings (SSSR count). The maximum Gasteiger partial charge on any atom is 0.0849 e. The number of thiazole rings is 1. The van der Waals surface area contributed by atoms with Crippen molar-refractivity contribution in [1.82, 2.24) is 4.98 Å². The van der Waals surface area contributed by atoms with Crippen molar-refractivity contribution in [3.8, 4) is 0 Å². The van der Waals surface area contributed by atoms with Gasteiger partial charge >= 0.3 is 0 Å². The molecule has 1 aromatic carbocycles. The van der Waals surface area contributed by atoms with Gasteiger partial charge in [-0.3, -0.25) is 0 Å². The number of aromatic nitrogens is 1. The molecule has 0 fully saturated rings. The molecule has 0 aliphatic heterocycles. The highest BCUT2D eigenvalue weighted by molar-refractivity contribution is 7.16. The second-order valence-electron chi connectivity index (χ2n) is 7.33. The third-order valence-corrected chi connectivity index (χ3v) is 3.81. The zero-order chi connectivity index (χ0) is 13.6. The SMILES string of the molecule is CC(C)(C)Cc1cc(C(C)(C)C)c2ncsc2c1. The minimum atomic E-state index is 0.153. The molecule has 2 heteroatoms. The molecular formula is C16H23NS. The number of hydrogen-bond donors (Lipinski definition) is 0. The quantitative estimate of drug-likeness (QED) is 0.689. The van der Waals surface area contributed by atoms with Crippen molar-refractivity contribution in [2.45, 2.75) is 53.4 Å². The molecule has 0 spiro atoms. The van der Waals surface area contributed by atoms with Gasteiger partial charge in [0.2, 0.25) is 0 Å². The van der Waals surface area contributed by atoms with E-state index in [9.17, 15) is 0 Å². The topological polar surface area (TPSA) is 12.9 Å². The largest absolute Gasteiger partial charge is 0.244 e. The van der Waals surface area contributed by atoms with Gasteiger partial charge in [-0.05, 0) is 34.4 Å². The van der Waals surface area contributed by atoms with E-state index in [1.165, 1.54) is 21.3 Å². The average molecular weight is 261 g/mol. The predicted molar refractivity (Wildman–Crippen MR) is 81.5 cm³/mol. The van der Waals surface area contributed by atoms with Crippen LogP contribution < -0.4 is 0 Å². The van der Waals surface area contributed by atoms with E-state index in [-0.39, 0.29) is 5.41 Å². The number of rotatable bonds is 1. The summed E-state index contributed by atoms with van der Waals surface area (Å²) >= 11 is 1.75. The number of benzene rings is 1. The van der Waals surface area contributed by atoms with Gasteiger partial charge in [-0.1, -0.05) is 47.6 Å².